The summed E-state index contributed by atoms with van der Waals surface area (Å²) in [5.41, 5.74) is 3.39. The molecule has 0 atom stereocenters. The molecule has 2 rings (SSSR count). The fraction of sp³-hybridized carbons (Fsp3) is 0.235. The van der Waals surface area contributed by atoms with Gasteiger partial charge in [-0.05, 0) is 61.2 Å². The minimum absolute atomic E-state index is 0.0760. The number of carbonyl (C=O) groups is 1. The molecule has 0 unspecified atom stereocenters. The van der Waals surface area contributed by atoms with E-state index in [4.69, 9.17) is 9.84 Å². The Hall–Kier alpha value is -2.89. The maximum absolute atomic E-state index is 11.1. The van der Waals surface area contributed by atoms with Crippen molar-refractivity contribution < 1.29 is 19.6 Å². The lowest BCUT2D eigenvalue weighted by Crippen LogP contribution is -2.03. The Morgan fingerprint density at radius 3 is 2.35 bits per heavy atom. The van der Waals surface area contributed by atoms with Gasteiger partial charge in [0.1, 0.15) is 6.61 Å². The average molecular weight is 315 g/mol. The van der Waals surface area contributed by atoms with Crippen molar-refractivity contribution in [2.45, 2.75) is 27.4 Å². The molecule has 0 aromatic heterocycles. The third-order valence-corrected chi connectivity index (χ3v) is 3.74. The van der Waals surface area contributed by atoms with Crippen LogP contribution in [-0.2, 0) is 6.61 Å². The molecule has 23 heavy (non-hydrogen) atoms. The lowest BCUT2D eigenvalue weighted by atomic mass is 10.1. The lowest BCUT2D eigenvalue weighted by molar-refractivity contribution is -0.386. The molecule has 0 aliphatic heterocycles. The van der Waals surface area contributed by atoms with E-state index in [0.29, 0.717) is 0 Å². The number of aryl methyl sites for hydroxylation is 3. The van der Waals surface area contributed by atoms with E-state index in [1.807, 2.05) is 6.92 Å². The topological polar surface area (TPSA) is 89.7 Å². The van der Waals surface area contributed by atoms with Gasteiger partial charge in [-0.25, -0.2) is 4.79 Å². The molecular formula is C17H17NO5. The molecule has 0 bridgehead atoms. The molecule has 0 radical (unpaired) electrons. The van der Waals surface area contributed by atoms with Gasteiger partial charge in [-0.1, -0.05) is 6.07 Å². The number of nitrogens with zero attached hydrogens (tertiary/aromatic N) is 1. The molecule has 2 aromatic carbocycles. The molecule has 2 aromatic rings. The molecule has 120 valence electrons. The zero-order chi connectivity index (χ0) is 17.1. The summed E-state index contributed by atoms with van der Waals surface area (Å²) in [5.74, 6) is -0.787. The SMILES string of the molecule is Cc1cc(OCc2ccc(C(=O)O)cc2C)c([N+](=O)[O-])cc1C. The number of hydrogen-bond acceptors (Lipinski definition) is 4. The van der Waals surface area contributed by atoms with Crippen LogP contribution < -0.4 is 4.74 Å². The summed E-state index contributed by atoms with van der Waals surface area (Å²) in [7, 11) is 0. The van der Waals surface area contributed by atoms with Gasteiger partial charge in [-0.2, -0.15) is 0 Å². The van der Waals surface area contributed by atoms with Crippen LogP contribution in [0.5, 0.6) is 5.75 Å². The van der Waals surface area contributed by atoms with Crippen molar-refractivity contribution in [1.82, 2.24) is 0 Å². The molecule has 0 spiro atoms. The Balaban J connectivity index is 2.26. The number of benzene rings is 2. The van der Waals surface area contributed by atoms with Gasteiger partial charge >= 0.3 is 11.7 Å². The molecule has 0 amide bonds. The number of hydrogen-bond donors (Lipinski definition) is 1. The quantitative estimate of drug-likeness (QED) is 0.669. The van der Waals surface area contributed by atoms with E-state index in [1.54, 1.807) is 32.0 Å². The largest absolute Gasteiger partial charge is 0.482 e. The highest BCUT2D eigenvalue weighted by molar-refractivity contribution is 5.87. The number of carboxylic acid groups (broad SMARTS) is 1. The summed E-state index contributed by atoms with van der Waals surface area (Å²) < 4.78 is 5.61. The Morgan fingerprint density at radius 1 is 1.13 bits per heavy atom. The van der Waals surface area contributed by atoms with Crippen LogP contribution in [0.25, 0.3) is 0 Å². The molecule has 6 heteroatoms. The van der Waals surface area contributed by atoms with E-state index < -0.39 is 10.9 Å². The first kappa shape index (κ1) is 16.5. The van der Waals surface area contributed by atoms with Crippen molar-refractivity contribution >= 4 is 11.7 Å². The smallest absolute Gasteiger partial charge is 0.335 e. The summed E-state index contributed by atoms with van der Waals surface area (Å²) >= 11 is 0. The number of aromatic carboxylic acids is 1. The van der Waals surface area contributed by atoms with Crippen LogP contribution in [0.3, 0.4) is 0 Å². The Morgan fingerprint density at radius 2 is 1.78 bits per heavy atom. The molecule has 6 nitrogen and oxygen atoms in total. The van der Waals surface area contributed by atoms with Crippen LogP contribution in [0.2, 0.25) is 0 Å². The van der Waals surface area contributed by atoms with Crippen LogP contribution in [0, 0.1) is 30.9 Å². The van der Waals surface area contributed by atoms with Crippen molar-refractivity contribution in [1.29, 1.82) is 0 Å². The molecule has 0 aliphatic rings. The summed E-state index contributed by atoms with van der Waals surface area (Å²) in [6.07, 6.45) is 0. The molecule has 0 fully saturated rings. The van der Waals surface area contributed by atoms with Crippen molar-refractivity contribution in [3.63, 3.8) is 0 Å². The lowest BCUT2D eigenvalue weighted by Gasteiger charge is -2.11. The maximum Gasteiger partial charge on any atom is 0.335 e. The number of carboxylic acids is 1. The van der Waals surface area contributed by atoms with Crippen molar-refractivity contribution in [3.8, 4) is 5.75 Å². The summed E-state index contributed by atoms with van der Waals surface area (Å²) in [6.45, 7) is 5.58. The molecule has 0 saturated heterocycles. The van der Waals surface area contributed by atoms with E-state index in [9.17, 15) is 14.9 Å². The highest BCUT2D eigenvalue weighted by Gasteiger charge is 2.17. The van der Waals surface area contributed by atoms with Crippen LogP contribution >= 0.6 is 0 Å². The Kier molecular flexibility index (Phi) is 4.64. The molecule has 0 saturated carbocycles. The number of rotatable bonds is 5. The molecule has 1 N–H and O–H groups in total. The zero-order valence-corrected chi connectivity index (χ0v) is 13.1. The second-order valence-corrected chi connectivity index (χ2v) is 5.40. The van der Waals surface area contributed by atoms with E-state index in [0.717, 1.165) is 22.3 Å². The first-order chi connectivity index (χ1) is 10.8. The highest BCUT2D eigenvalue weighted by atomic mass is 16.6. The normalized spacial score (nSPS) is 10.4. The molecular weight excluding hydrogens is 298 g/mol. The highest BCUT2D eigenvalue weighted by Crippen LogP contribution is 2.31. The molecule has 0 aliphatic carbocycles. The standard InChI is InChI=1S/C17H17NO5/c1-10-7-15(18(21)22)16(8-11(10)2)23-9-14-5-4-13(17(19)20)6-12(14)3/h4-8H,9H2,1-3H3,(H,19,20). The minimum atomic E-state index is -0.995. The number of ether oxygens (including phenoxy) is 1. The third-order valence-electron chi connectivity index (χ3n) is 3.74. The van der Waals surface area contributed by atoms with Gasteiger partial charge in [0.25, 0.3) is 0 Å². The Labute approximate surface area is 133 Å². The third kappa shape index (κ3) is 3.66. The van der Waals surface area contributed by atoms with E-state index >= 15 is 0 Å². The van der Waals surface area contributed by atoms with Gasteiger partial charge in [0.05, 0.1) is 10.5 Å². The predicted octanol–water partition coefficient (Wildman–Crippen LogP) is 3.80. The van der Waals surface area contributed by atoms with Crippen molar-refractivity contribution in [3.05, 3.63) is 68.3 Å². The zero-order valence-electron chi connectivity index (χ0n) is 13.1. The van der Waals surface area contributed by atoms with E-state index in [-0.39, 0.29) is 23.6 Å². The predicted molar refractivity (Wildman–Crippen MR) is 85.0 cm³/mol. The monoisotopic (exact) mass is 315 g/mol. The van der Waals surface area contributed by atoms with Crippen molar-refractivity contribution in [2.24, 2.45) is 0 Å². The van der Waals surface area contributed by atoms with Gasteiger partial charge in [0, 0.05) is 6.07 Å². The van der Waals surface area contributed by atoms with Crippen LogP contribution in [-0.4, -0.2) is 16.0 Å². The first-order valence-electron chi connectivity index (χ1n) is 7.01. The van der Waals surface area contributed by atoms with Gasteiger partial charge in [-0.15, -0.1) is 0 Å². The number of nitro benzene ring substituents is 1. The second kappa shape index (κ2) is 6.48. The maximum atomic E-state index is 11.1. The Bertz CT molecular complexity index is 783. The van der Waals surface area contributed by atoms with E-state index in [1.165, 1.54) is 12.1 Å². The van der Waals surface area contributed by atoms with Gasteiger partial charge < -0.3 is 9.84 Å². The summed E-state index contributed by atoms with van der Waals surface area (Å²) in [4.78, 5) is 21.6. The second-order valence-electron chi connectivity index (χ2n) is 5.40. The average Bonchev–Trinajstić information content (AvgIpc) is 2.48. The van der Waals surface area contributed by atoms with E-state index in [2.05, 4.69) is 0 Å². The van der Waals surface area contributed by atoms with Crippen LogP contribution in [0.1, 0.15) is 32.6 Å². The fourth-order valence-corrected chi connectivity index (χ4v) is 2.18. The van der Waals surface area contributed by atoms with Crippen molar-refractivity contribution in [2.75, 3.05) is 0 Å². The minimum Gasteiger partial charge on any atom is -0.482 e. The summed E-state index contributed by atoms with van der Waals surface area (Å²) in [5, 5.41) is 20.1. The van der Waals surface area contributed by atoms with Gasteiger partial charge in [-0.3, -0.25) is 10.1 Å². The number of nitro groups is 1. The van der Waals surface area contributed by atoms with Crippen LogP contribution in [0.15, 0.2) is 30.3 Å². The fourth-order valence-electron chi connectivity index (χ4n) is 2.18. The van der Waals surface area contributed by atoms with Gasteiger partial charge in [0.2, 0.25) is 0 Å². The first-order valence-corrected chi connectivity index (χ1v) is 7.01. The van der Waals surface area contributed by atoms with Crippen LogP contribution in [0.4, 0.5) is 5.69 Å². The van der Waals surface area contributed by atoms with Gasteiger partial charge in [0.15, 0.2) is 5.75 Å². The summed E-state index contributed by atoms with van der Waals surface area (Å²) in [6, 6.07) is 7.84. The molecule has 0 heterocycles.